The van der Waals surface area contributed by atoms with Crippen molar-refractivity contribution in [2.75, 3.05) is 20.3 Å². The fraction of sp³-hybridized carbons (Fsp3) is 0.471. The summed E-state index contributed by atoms with van der Waals surface area (Å²) in [7, 11) is 1.42. The zero-order valence-electron chi connectivity index (χ0n) is 12.8. The lowest BCUT2D eigenvalue weighted by Gasteiger charge is -2.10. The Hall–Kier alpha value is -1.81. The first-order chi connectivity index (χ1) is 10.1. The van der Waals surface area contributed by atoms with Crippen molar-refractivity contribution in [1.29, 1.82) is 0 Å². The van der Waals surface area contributed by atoms with E-state index in [9.17, 15) is 4.79 Å². The lowest BCUT2D eigenvalue weighted by molar-refractivity contribution is -0.140. The minimum Gasteiger partial charge on any atom is -0.494 e. The molecule has 0 saturated carbocycles. The van der Waals surface area contributed by atoms with Crippen molar-refractivity contribution in [3.8, 4) is 0 Å². The molecular formula is C17H23NO3. The van der Waals surface area contributed by atoms with E-state index in [2.05, 4.69) is 34.8 Å². The summed E-state index contributed by atoms with van der Waals surface area (Å²) < 4.78 is 10.1. The summed E-state index contributed by atoms with van der Waals surface area (Å²) in [6.07, 6.45) is 2.39. The van der Waals surface area contributed by atoms with Crippen LogP contribution >= 0.6 is 0 Å². The highest BCUT2D eigenvalue weighted by Gasteiger charge is 2.21. The number of rotatable bonds is 7. The van der Waals surface area contributed by atoms with Gasteiger partial charge >= 0.3 is 5.97 Å². The average Bonchev–Trinajstić information content (AvgIpc) is 2.88. The fourth-order valence-corrected chi connectivity index (χ4v) is 2.67. The summed E-state index contributed by atoms with van der Waals surface area (Å²) in [5.41, 5.74) is 3.74. The van der Waals surface area contributed by atoms with Crippen molar-refractivity contribution in [3.05, 3.63) is 41.5 Å². The minimum absolute atomic E-state index is 0.173. The summed E-state index contributed by atoms with van der Waals surface area (Å²) in [6.45, 7) is 7.20. The van der Waals surface area contributed by atoms with E-state index in [4.69, 9.17) is 4.74 Å². The maximum atomic E-state index is 11.1. The van der Waals surface area contributed by atoms with Crippen molar-refractivity contribution >= 4 is 11.7 Å². The van der Waals surface area contributed by atoms with Crippen LogP contribution in [-0.4, -0.2) is 32.3 Å². The Morgan fingerprint density at radius 1 is 1.38 bits per heavy atom. The number of fused-ring (bicyclic) bond motifs is 1. The zero-order valence-corrected chi connectivity index (χ0v) is 12.8. The van der Waals surface area contributed by atoms with Gasteiger partial charge in [-0.3, -0.25) is 4.79 Å². The van der Waals surface area contributed by atoms with Crippen LogP contribution in [-0.2, 0) is 27.1 Å². The van der Waals surface area contributed by atoms with Crippen LogP contribution in [0.15, 0.2) is 24.8 Å². The van der Waals surface area contributed by atoms with Crippen LogP contribution < -0.4 is 5.32 Å². The number of ether oxygens (including phenoxy) is 2. The van der Waals surface area contributed by atoms with Crippen LogP contribution in [0.3, 0.4) is 0 Å². The number of nitrogens with one attached hydrogen (secondary N) is 1. The van der Waals surface area contributed by atoms with Gasteiger partial charge in [0.05, 0.1) is 20.1 Å². The molecule has 1 aliphatic carbocycles. The fourth-order valence-electron chi connectivity index (χ4n) is 2.67. The van der Waals surface area contributed by atoms with Crippen LogP contribution in [0, 0.1) is 0 Å². The molecule has 0 aliphatic heterocycles. The number of hydrogen-bond acceptors (Lipinski definition) is 4. The lowest BCUT2D eigenvalue weighted by atomic mass is 10.1. The molecule has 1 aromatic carbocycles. The second-order valence-electron chi connectivity index (χ2n) is 5.23. The van der Waals surface area contributed by atoms with Gasteiger partial charge < -0.3 is 14.8 Å². The predicted octanol–water partition coefficient (Wildman–Crippen LogP) is 2.31. The van der Waals surface area contributed by atoms with E-state index >= 15 is 0 Å². The molecule has 114 valence electrons. The normalized spacial score (nSPS) is 16.4. The number of carbonyl (C=O) groups excluding carboxylic acids is 1. The summed E-state index contributed by atoms with van der Waals surface area (Å²) in [4.78, 5) is 11.1. The molecule has 0 saturated heterocycles. The standard InChI is InChI=1S/C17H23NO3/c1-4-21-12(2)13-5-6-14-10-16(11-15(14)9-13)18-8-7-17(19)20-3/h5-6,9,16,18H,2,4,7-8,10-11H2,1,3H3. The van der Waals surface area contributed by atoms with E-state index < -0.39 is 0 Å². The number of carbonyl (C=O) groups is 1. The van der Waals surface area contributed by atoms with Crippen LogP contribution in [0.4, 0.5) is 0 Å². The highest BCUT2D eigenvalue weighted by atomic mass is 16.5. The van der Waals surface area contributed by atoms with Crippen LogP contribution in [0.1, 0.15) is 30.0 Å². The molecule has 4 nitrogen and oxygen atoms in total. The molecule has 2 rings (SSSR count). The molecule has 0 amide bonds. The molecule has 21 heavy (non-hydrogen) atoms. The number of methoxy groups -OCH3 is 1. The van der Waals surface area contributed by atoms with E-state index in [0.717, 1.165) is 24.2 Å². The highest BCUT2D eigenvalue weighted by Crippen LogP contribution is 2.26. The summed E-state index contributed by atoms with van der Waals surface area (Å²) in [6, 6.07) is 6.76. The Bertz CT molecular complexity index is 525. The zero-order chi connectivity index (χ0) is 15.2. The van der Waals surface area contributed by atoms with E-state index in [1.165, 1.54) is 18.2 Å². The summed E-state index contributed by atoms with van der Waals surface area (Å²) >= 11 is 0. The van der Waals surface area contributed by atoms with E-state index in [0.29, 0.717) is 25.6 Å². The third kappa shape index (κ3) is 4.08. The maximum Gasteiger partial charge on any atom is 0.306 e. The number of benzene rings is 1. The maximum absolute atomic E-state index is 11.1. The van der Waals surface area contributed by atoms with Crippen LogP contribution in [0.2, 0.25) is 0 Å². The quantitative estimate of drug-likeness (QED) is 0.618. The monoisotopic (exact) mass is 289 g/mol. The largest absolute Gasteiger partial charge is 0.494 e. The minimum atomic E-state index is -0.173. The van der Waals surface area contributed by atoms with Crippen molar-refractivity contribution in [2.45, 2.75) is 32.2 Å². The second kappa shape index (κ2) is 7.27. The van der Waals surface area contributed by atoms with Gasteiger partial charge in [0.15, 0.2) is 0 Å². The Morgan fingerprint density at radius 2 is 2.14 bits per heavy atom. The van der Waals surface area contributed by atoms with Gasteiger partial charge in [0.1, 0.15) is 5.76 Å². The van der Waals surface area contributed by atoms with Crippen molar-refractivity contribution in [1.82, 2.24) is 5.32 Å². The molecule has 0 bridgehead atoms. The number of hydrogen-bond donors (Lipinski definition) is 1. The van der Waals surface area contributed by atoms with Gasteiger partial charge in [0.2, 0.25) is 0 Å². The first kappa shape index (κ1) is 15.6. The molecule has 1 atom stereocenters. The topological polar surface area (TPSA) is 47.6 Å². The van der Waals surface area contributed by atoms with Gasteiger partial charge in [-0.25, -0.2) is 0 Å². The van der Waals surface area contributed by atoms with Crippen LogP contribution in [0.5, 0.6) is 0 Å². The average molecular weight is 289 g/mol. The molecule has 4 heteroatoms. The first-order valence-corrected chi connectivity index (χ1v) is 7.38. The van der Waals surface area contributed by atoms with Crippen molar-refractivity contribution in [3.63, 3.8) is 0 Å². The van der Waals surface area contributed by atoms with Gasteiger partial charge in [-0.1, -0.05) is 18.7 Å². The van der Waals surface area contributed by atoms with Crippen LogP contribution in [0.25, 0.3) is 5.76 Å². The molecule has 1 unspecified atom stereocenters. The van der Waals surface area contributed by atoms with Gasteiger partial charge in [-0.15, -0.1) is 0 Å². The smallest absolute Gasteiger partial charge is 0.306 e. The molecular weight excluding hydrogens is 266 g/mol. The van der Waals surface area contributed by atoms with E-state index in [1.54, 1.807) is 0 Å². The van der Waals surface area contributed by atoms with Crippen molar-refractivity contribution in [2.24, 2.45) is 0 Å². The Labute approximate surface area is 126 Å². The van der Waals surface area contributed by atoms with E-state index in [1.807, 2.05) is 6.92 Å². The molecule has 1 N–H and O–H groups in total. The first-order valence-electron chi connectivity index (χ1n) is 7.38. The van der Waals surface area contributed by atoms with Crippen molar-refractivity contribution < 1.29 is 14.3 Å². The molecule has 1 aromatic rings. The summed E-state index contributed by atoms with van der Waals surface area (Å²) in [5, 5.41) is 3.41. The highest BCUT2D eigenvalue weighted by molar-refractivity contribution is 5.69. The van der Waals surface area contributed by atoms with Gasteiger partial charge in [0.25, 0.3) is 0 Å². The van der Waals surface area contributed by atoms with Gasteiger partial charge in [-0.2, -0.15) is 0 Å². The summed E-state index contributed by atoms with van der Waals surface area (Å²) in [5.74, 6) is 0.552. The third-order valence-electron chi connectivity index (χ3n) is 3.77. The molecule has 0 spiro atoms. The Kier molecular flexibility index (Phi) is 5.39. The Balaban J connectivity index is 1.90. The Morgan fingerprint density at radius 3 is 2.86 bits per heavy atom. The molecule has 0 heterocycles. The van der Waals surface area contributed by atoms with Gasteiger partial charge in [0, 0.05) is 18.2 Å². The molecule has 0 fully saturated rings. The second-order valence-corrected chi connectivity index (χ2v) is 5.23. The third-order valence-corrected chi connectivity index (χ3v) is 3.77. The van der Waals surface area contributed by atoms with Gasteiger partial charge in [-0.05, 0) is 37.0 Å². The molecule has 1 aliphatic rings. The predicted molar refractivity (Wildman–Crippen MR) is 82.9 cm³/mol. The molecule has 0 radical (unpaired) electrons. The number of esters is 1. The molecule has 0 aromatic heterocycles. The van der Waals surface area contributed by atoms with E-state index in [-0.39, 0.29) is 5.97 Å². The SMILES string of the molecule is C=C(OCC)c1ccc2c(c1)CC(NCCC(=O)OC)C2. The lowest BCUT2D eigenvalue weighted by Crippen LogP contribution is -2.31.